The highest BCUT2D eigenvalue weighted by Crippen LogP contribution is 2.34. The van der Waals surface area contributed by atoms with Crippen molar-refractivity contribution < 1.29 is 23.9 Å². The van der Waals surface area contributed by atoms with Gasteiger partial charge in [0.1, 0.15) is 17.4 Å². The van der Waals surface area contributed by atoms with E-state index < -0.39 is 17.8 Å². The first-order chi connectivity index (χ1) is 12.2. The molecule has 1 aromatic carbocycles. The molecule has 3 atom stereocenters. The molecule has 1 aromatic rings. The van der Waals surface area contributed by atoms with Crippen molar-refractivity contribution >= 4 is 23.1 Å². The molecule has 1 N–H and O–H groups in total. The van der Waals surface area contributed by atoms with Crippen molar-refractivity contribution in [3.63, 3.8) is 0 Å². The Morgan fingerprint density at radius 1 is 1.23 bits per heavy atom. The van der Waals surface area contributed by atoms with E-state index in [9.17, 15) is 18.8 Å². The minimum absolute atomic E-state index is 0.0543. The largest absolute Gasteiger partial charge is 0.481 e. The second-order valence-corrected chi connectivity index (χ2v) is 7.18. The summed E-state index contributed by atoms with van der Waals surface area (Å²) in [7, 11) is 0. The van der Waals surface area contributed by atoms with Crippen LogP contribution < -0.4 is 0 Å². The van der Waals surface area contributed by atoms with E-state index in [4.69, 9.17) is 5.11 Å². The lowest BCUT2D eigenvalue weighted by Crippen LogP contribution is -2.30. The third kappa shape index (κ3) is 4.65. The standard InChI is InChI=1S/C21H25FO4/c1-12(10-16-5-4-15-6-7-17(22)11-19(15)16)21(26)13(2)18(14(3)23)8-9-20(24)25/h5-7,11-13,18H,4,8-10H2,1-3H3,(H,24,25)/t12-,13?,18+/m0/s1. The van der Waals surface area contributed by atoms with E-state index in [1.54, 1.807) is 13.0 Å². The zero-order valence-electron chi connectivity index (χ0n) is 15.4. The Balaban J connectivity index is 2.06. The molecule has 0 aromatic heterocycles. The molecule has 0 bridgehead atoms. The number of carbonyl (C=O) groups excluding carboxylic acids is 2. The van der Waals surface area contributed by atoms with Gasteiger partial charge in [0.25, 0.3) is 0 Å². The predicted octanol–water partition coefficient (Wildman–Crippen LogP) is 4.07. The van der Waals surface area contributed by atoms with Crippen LogP contribution >= 0.6 is 0 Å². The van der Waals surface area contributed by atoms with Gasteiger partial charge in [0.2, 0.25) is 0 Å². The Kier molecular flexibility index (Phi) is 6.46. The van der Waals surface area contributed by atoms with Gasteiger partial charge in [-0.1, -0.05) is 26.0 Å². The van der Waals surface area contributed by atoms with Gasteiger partial charge in [0.15, 0.2) is 0 Å². The van der Waals surface area contributed by atoms with Crippen molar-refractivity contribution in [3.05, 3.63) is 41.2 Å². The summed E-state index contributed by atoms with van der Waals surface area (Å²) in [4.78, 5) is 35.5. The van der Waals surface area contributed by atoms with Crippen molar-refractivity contribution in [2.75, 3.05) is 0 Å². The molecule has 0 heterocycles. The molecule has 0 amide bonds. The van der Waals surface area contributed by atoms with Gasteiger partial charge in [0.05, 0.1) is 0 Å². The SMILES string of the molecule is CC(=O)[C@H](CCC(=O)O)C(C)C(=O)[C@@H](C)CC1=CCc2ccc(F)cc21. The number of halogens is 1. The monoisotopic (exact) mass is 360 g/mol. The smallest absolute Gasteiger partial charge is 0.303 e. The Labute approximate surface area is 153 Å². The average molecular weight is 360 g/mol. The number of carboxylic acids is 1. The number of hydrogen-bond donors (Lipinski definition) is 1. The van der Waals surface area contributed by atoms with E-state index in [2.05, 4.69) is 0 Å². The lowest BCUT2D eigenvalue weighted by atomic mass is 9.79. The Morgan fingerprint density at radius 3 is 2.54 bits per heavy atom. The van der Waals surface area contributed by atoms with E-state index in [-0.39, 0.29) is 36.1 Å². The summed E-state index contributed by atoms with van der Waals surface area (Å²) in [5, 5.41) is 8.84. The van der Waals surface area contributed by atoms with Crippen molar-refractivity contribution in [2.24, 2.45) is 17.8 Å². The molecule has 140 valence electrons. The van der Waals surface area contributed by atoms with E-state index in [1.165, 1.54) is 19.1 Å². The molecule has 0 fully saturated rings. The lowest BCUT2D eigenvalue weighted by Gasteiger charge is -2.23. The van der Waals surface area contributed by atoms with Gasteiger partial charge in [0, 0.05) is 24.2 Å². The molecule has 5 heteroatoms. The van der Waals surface area contributed by atoms with Gasteiger partial charge >= 0.3 is 5.97 Å². The number of rotatable bonds is 9. The maximum absolute atomic E-state index is 13.5. The molecule has 4 nitrogen and oxygen atoms in total. The molecule has 0 radical (unpaired) electrons. The van der Waals surface area contributed by atoms with E-state index in [0.29, 0.717) is 6.42 Å². The summed E-state index contributed by atoms with van der Waals surface area (Å²) in [5.74, 6) is -2.92. The van der Waals surface area contributed by atoms with Crippen LogP contribution in [0.25, 0.3) is 5.57 Å². The Bertz CT molecular complexity index is 750. The highest BCUT2D eigenvalue weighted by molar-refractivity contribution is 5.91. The molecule has 0 saturated heterocycles. The summed E-state index contributed by atoms with van der Waals surface area (Å²) in [6.07, 6.45) is 3.28. The summed E-state index contributed by atoms with van der Waals surface area (Å²) in [6, 6.07) is 4.70. The Morgan fingerprint density at radius 2 is 1.92 bits per heavy atom. The van der Waals surface area contributed by atoms with Gasteiger partial charge in [-0.25, -0.2) is 4.39 Å². The molecular formula is C21H25FO4. The Hall–Kier alpha value is -2.30. The zero-order valence-corrected chi connectivity index (χ0v) is 15.4. The van der Waals surface area contributed by atoms with Gasteiger partial charge < -0.3 is 5.11 Å². The first kappa shape index (κ1) is 20.0. The fraction of sp³-hybridized carbons (Fsp3) is 0.476. The second kappa shape index (κ2) is 8.39. The first-order valence-electron chi connectivity index (χ1n) is 8.94. The quantitative estimate of drug-likeness (QED) is 0.721. The summed E-state index contributed by atoms with van der Waals surface area (Å²) < 4.78 is 13.5. The summed E-state index contributed by atoms with van der Waals surface area (Å²) >= 11 is 0. The third-order valence-electron chi connectivity index (χ3n) is 5.24. The van der Waals surface area contributed by atoms with Crippen molar-refractivity contribution in [1.29, 1.82) is 0 Å². The van der Waals surface area contributed by atoms with Crippen molar-refractivity contribution in [1.82, 2.24) is 0 Å². The first-order valence-corrected chi connectivity index (χ1v) is 8.94. The number of fused-ring (bicyclic) bond motifs is 1. The van der Waals surface area contributed by atoms with Crippen molar-refractivity contribution in [3.8, 4) is 0 Å². The maximum Gasteiger partial charge on any atom is 0.303 e. The molecule has 2 rings (SSSR count). The fourth-order valence-corrected chi connectivity index (χ4v) is 3.72. The van der Waals surface area contributed by atoms with Crippen LogP contribution in [-0.2, 0) is 20.8 Å². The average Bonchev–Trinajstić information content (AvgIpc) is 2.95. The van der Waals surface area contributed by atoms with Crippen LogP contribution in [0.4, 0.5) is 4.39 Å². The highest BCUT2D eigenvalue weighted by atomic mass is 19.1. The van der Waals surface area contributed by atoms with Gasteiger partial charge in [-0.2, -0.15) is 0 Å². The molecule has 1 unspecified atom stereocenters. The van der Waals surface area contributed by atoms with Gasteiger partial charge in [-0.15, -0.1) is 0 Å². The number of allylic oxidation sites excluding steroid dienone is 2. The number of carboxylic acid groups (broad SMARTS) is 1. The molecule has 0 saturated carbocycles. The molecule has 1 aliphatic rings. The third-order valence-corrected chi connectivity index (χ3v) is 5.24. The maximum atomic E-state index is 13.5. The van der Waals surface area contributed by atoms with Crippen LogP contribution in [0.1, 0.15) is 51.2 Å². The van der Waals surface area contributed by atoms with Crippen molar-refractivity contribution in [2.45, 2.75) is 46.5 Å². The lowest BCUT2D eigenvalue weighted by molar-refractivity contribution is -0.139. The predicted molar refractivity (Wildman–Crippen MR) is 97.1 cm³/mol. The minimum Gasteiger partial charge on any atom is -0.481 e. The van der Waals surface area contributed by atoms with Crippen LogP contribution in [0.5, 0.6) is 0 Å². The summed E-state index contributed by atoms with van der Waals surface area (Å²) in [6.45, 7) is 4.91. The van der Waals surface area contributed by atoms with E-state index in [0.717, 1.165) is 23.1 Å². The zero-order chi connectivity index (χ0) is 19.4. The second-order valence-electron chi connectivity index (χ2n) is 7.18. The molecule has 26 heavy (non-hydrogen) atoms. The number of aliphatic carboxylic acids is 1. The van der Waals surface area contributed by atoms with E-state index >= 15 is 0 Å². The van der Waals surface area contributed by atoms with Crippen LogP contribution in [0.2, 0.25) is 0 Å². The van der Waals surface area contributed by atoms with Gasteiger partial charge in [-0.3, -0.25) is 14.4 Å². The molecular weight excluding hydrogens is 335 g/mol. The number of ketones is 2. The van der Waals surface area contributed by atoms with Gasteiger partial charge in [-0.05, 0) is 55.0 Å². The highest BCUT2D eigenvalue weighted by Gasteiger charge is 2.31. The fourth-order valence-electron chi connectivity index (χ4n) is 3.72. The van der Waals surface area contributed by atoms with Crippen LogP contribution in [0.3, 0.4) is 0 Å². The normalized spacial score (nSPS) is 16.4. The number of carbonyl (C=O) groups is 3. The number of benzene rings is 1. The molecule has 0 aliphatic heterocycles. The summed E-state index contributed by atoms with van der Waals surface area (Å²) in [5.41, 5.74) is 2.86. The topological polar surface area (TPSA) is 71.4 Å². The number of hydrogen-bond acceptors (Lipinski definition) is 3. The number of Topliss-reactive ketones (excluding diaryl/α,β-unsaturated/α-hetero) is 2. The molecule has 1 aliphatic carbocycles. The minimum atomic E-state index is -0.973. The van der Waals surface area contributed by atoms with Crippen LogP contribution in [-0.4, -0.2) is 22.6 Å². The molecule has 0 spiro atoms. The van der Waals surface area contributed by atoms with E-state index in [1.807, 2.05) is 13.0 Å². The van der Waals surface area contributed by atoms with Crippen LogP contribution in [0.15, 0.2) is 24.3 Å². The van der Waals surface area contributed by atoms with Crippen LogP contribution in [0, 0.1) is 23.6 Å².